The van der Waals surface area contributed by atoms with Crippen LogP contribution >= 0.6 is 15.9 Å². The van der Waals surface area contributed by atoms with Gasteiger partial charge in [0.25, 0.3) is 0 Å². The highest BCUT2D eigenvalue weighted by Crippen LogP contribution is 2.36. The van der Waals surface area contributed by atoms with E-state index >= 15 is 0 Å². The van der Waals surface area contributed by atoms with Gasteiger partial charge in [0.05, 0.1) is 7.11 Å². The zero-order chi connectivity index (χ0) is 15.5. The van der Waals surface area contributed by atoms with Crippen molar-refractivity contribution >= 4 is 21.9 Å². The molecule has 0 bridgehead atoms. The Kier molecular flexibility index (Phi) is 4.11. The summed E-state index contributed by atoms with van der Waals surface area (Å²) in [6.07, 6.45) is 1.84. The van der Waals surface area contributed by atoms with E-state index < -0.39 is 0 Å². The van der Waals surface area contributed by atoms with E-state index in [1.165, 1.54) is 7.11 Å². The third kappa shape index (κ3) is 2.70. The molecule has 3 aromatic rings. The molecular formula is C18H14BrNO2. The lowest BCUT2D eigenvalue weighted by Crippen LogP contribution is -2.03. The monoisotopic (exact) mass is 355 g/mol. The average Bonchev–Trinajstić information content (AvgIpc) is 3.00. The summed E-state index contributed by atoms with van der Waals surface area (Å²) in [6.45, 7) is 0. The number of ether oxygens (including phenoxy) is 1. The molecule has 110 valence electrons. The van der Waals surface area contributed by atoms with E-state index in [1.807, 2.05) is 60.8 Å². The van der Waals surface area contributed by atoms with Gasteiger partial charge in [-0.05, 0) is 23.3 Å². The molecular weight excluding hydrogens is 342 g/mol. The second-order valence-corrected chi connectivity index (χ2v) is 5.74. The molecule has 0 saturated carbocycles. The Labute approximate surface area is 137 Å². The normalized spacial score (nSPS) is 10.5. The highest BCUT2D eigenvalue weighted by atomic mass is 79.9. The third-order valence-corrected chi connectivity index (χ3v) is 3.96. The van der Waals surface area contributed by atoms with Gasteiger partial charge in [-0.25, -0.2) is 4.79 Å². The number of esters is 1. The second kappa shape index (κ2) is 6.20. The highest BCUT2D eigenvalue weighted by Gasteiger charge is 2.20. The number of benzene rings is 2. The largest absolute Gasteiger partial charge is 0.464 e. The number of H-pyrrole nitrogens is 1. The molecule has 0 saturated heterocycles. The Morgan fingerprint density at radius 3 is 2.45 bits per heavy atom. The molecule has 0 radical (unpaired) electrons. The van der Waals surface area contributed by atoms with Gasteiger partial charge in [0, 0.05) is 21.8 Å². The first-order valence-corrected chi connectivity index (χ1v) is 7.61. The molecule has 22 heavy (non-hydrogen) atoms. The number of carbonyl (C=O) groups excluding carboxylic acids is 1. The topological polar surface area (TPSA) is 42.1 Å². The lowest BCUT2D eigenvalue weighted by atomic mass is 9.97. The van der Waals surface area contributed by atoms with Crippen LogP contribution in [0.1, 0.15) is 10.5 Å². The van der Waals surface area contributed by atoms with Gasteiger partial charge in [0.2, 0.25) is 0 Å². The molecule has 4 heteroatoms. The van der Waals surface area contributed by atoms with Gasteiger partial charge in [-0.15, -0.1) is 0 Å². The summed E-state index contributed by atoms with van der Waals surface area (Å²) < 4.78 is 5.88. The maximum atomic E-state index is 12.1. The number of aromatic nitrogens is 1. The van der Waals surface area contributed by atoms with Crippen molar-refractivity contribution in [2.45, 2.75) is 0 Å². The number of aromatic amines is 1. The summed E-state index contributed by atoms with van der Waals surface area (Å²) >= 11 is 3.49. The maximum absolute atomic E-state index is 12.1. The fourth-order valence-corrected chi connectivity index (χ4v) is 2.87. The molecule has 0 unspecified atom stereocenters. The van der Waals surface area contributed by atoms with Gasteiger partial charge in [0.15, 0.2) is 0 Å². The Bertz CT molecular complexity index is 809. The van der Waals surface area contributed by atoms with E-state index in [2.05, 4.69) is 20.9 Å². The predicted octanol–water partition coefficient (Wildman–Crippen LogP) is 4.90. The molecule has 0 amide bonds. The van der Waals surface area contributed by atoms with Crippen LogP contribution in [0.5, 0.6) is 0 Å². The van der Waals surface area contributed by atoms with Crippen LogP contribution in [0.15, 0.2) is 65.3 Å². The van der Waals surface area contributed by atoms with Crippen LogP contribution in [0.3, 0.4) is 0 Å². The van der Waals surface area contributed by atoms with Crippen molar-refractivity contribution in [2.75, 3.05) is 7.11 Å². The first-order valence-electron chi connectivity index (χ1n) is 6.81. The molecule has 1 N–H and O–H groups in total. The summed E-state index contributed by atoms with van der Waals surface area (Å²) in [5.74, 6) is -0.375. The first kappa shape index (κ1) is 14.6. The number of rotatable bonds is 3. The Morgan fingerprint density at radius 2 is 1.77 bits per heavy atom. The Hall–Kier alpha value is -2.33. The second-order valence-electron chi connectivity index (χ2n) is 4.82. The predicted molar refractivity (Wildman–Crippen MR) is 90.7 cm³/mol. The molecule has 3 rings (SSSR count). The van der Waals surface area contributed by atoms with Crippen LogP contribution in [0.4, 0.5) is 0 Å². The molecule has 0 aliphatic heterocycles. The van der Waals surface area contributed by atoms with E-state index in [9.17, 15) is 4.79 Å². The third-order valence-electron chi connectivity index (χ3n) is 3.47. The van der Waals surface area contributed by atoms with Crippen molar-refractivity contribution in [1.29, 1.82) is 0 Å². The van der Waals surface area contributed by atoms with Crippen molar-refractivity contribution in [2.24, 2.45) is 0 Å². The van der Waals surface area contributed by atoms with Crippen LogP contribution in [-0.2, 0) is 4.74 Å². The van der Waals surface area contributed by atoms with Gasteiger partial charge in [0.1, 0.15) is 5.69 Å². The van der Waals surface area contributed by atoms with E-state index in [1.54, 1.807) is 0 Å². The van der Waals surface area contributed by atoms with Crippen LogP contribution in [0.25, 0.3) is 22.3 Å². The molecule has 0 fully saturated rings. The van der Waals surface area contributed by atoms with Crippen LogP contribution in [-0.4, -0.2) is 18.1 Å². The lowest BCUT2D eigenvalue weighted by Gasteiger charge is -2.07. The number of methoxy groups -OCH3 is 1. The first-order chi connectivity index (χ1) is 10.7. The summed E-state index contributed by atoms with van der Waals surface area (Å²) in [5, 5.41) is 0. The number of hydrogen-bond donors (Lipinski definition) is 1. The van der Waals surface area contributed by atoms with E-state index in [-0.39, 0.29) is 5.97 Å². The summed E-state index contributed by atoms with van der Waals surface area (Å²) in [6, 6.07) is 17.8. The highest BCUT2D eigenvalue weighted by molar-refractivity contribution is 9.10. The molecule has 0 aliphatic rings. The van der Waals surface area contributed by atoms with Gasteiger partial charge in [-0.3, -0.25) is 0 Å². The van der Waals surface area contributed by atoms with Gasteiger partial charge in [-0.2, -0.15) is 0 Å². The molecule has 0 spiro atoms. The summed E-state index contributed by atoms with van der Waals surface area (Å²) in [5.41, 5.74) is 4.28. The number of halogens is 1. The van der Waals surface area contributed by atoms with Crippen molar-refractivity contribution in [3.63, 3.8) is 0 Å². The van der Waals surface area contributed by atoms with E-state index in [0.29, 0.717) is 5.69 Å². The molecule has 1 heterocycles. The average molecular weight is 356 g/mol. The number of hydrogen-bond acceptors (Lipinski definition) is 2. The van der Waals surface area contributed by atoms with Crippen molar-refractivity contribution in [3.8, 4) is 22.3 Å². The van der Waals surface area contributed by atoms with Crippen molar-refractivity contribution in [3.05, 3.63) is 71.0 Å². The fraction of sp³-hybridized carbons (Fsp3) is 0.0556. The van der Waals surface area contributed by atoms with Gasteiger partial charge < -0.3 is 9.72 Å². The van der Waals surface area contributed by atoms with Crippen molar-refractivity contribution < 1.29 is 9.53 Å². The molecule has 3 nitrogen and oxygen atoms in total. The minimum absolute atomic E-state index is 0.375. The zero-order valence-electron chi connectivity index (χ0n) is 12.0. The molecule has 1 aromatic heterocycles. The maximum Gasteiger partial charge on any atom is 0.355 e. The zero-order valence-corrected chi connectivity index (χ0v) is 13.6. The van der Waals surface area contributed by atoms with Crippen LogP contribution in [0.2, 0.25) is 0 Å². The minimum atomic E-state index is -0.375. The van der Waals surface area contributed by atoms with E-state index in [0.717, 1.165) is 26.7 Å². The number of carbonyl (C=O) groups is 1. The fourth-order valence-electron chi connectivity index (χ4n) is 2.47. The minimum Gasteiger partial charge on any atom is -0.464 e. The lowest BCUT2D eigenvalue weighted by molar-refractivity contribution is 0.0596. The Morgan fingerprint density at radius 1 is 1.05 bits per heavy atom. The van der Waals surface area contributed by atoms with Crippen LogP contribution < -0.4 is 0 Å². The van der Waals surface area contributed by atoms with E-state index in [4.69, 9.17) is 4.74 Å². The van der Waals surface area contributed by atoms with Crippen molar-refractivity contribution in [1.82, 2.24) is 4.98 Å². The quantitative estimate of drug-likeness (QED) is 0.679. The smallest absolute Gasteiger partial charge is 0.355 e. The summed E-state index contributed by atoms with van der Waals surface area (Å²) in [4.78, 5) is 15.1. The number of nitrogens with one attached hydrogen (secondary N) is 1. The van der Waals surface area contributed by atoms with Gasteiger partial charge in [-0.1, -0.05) is 58.4 Å². The molecule has 0 aliphatic carbocycles. The molecule has 2 aromatic carbocycles. The SMILES string of the molecule is COC(=O)c1[nH]cc(-c2cccc(Br)c2)c1-c1ccccc1. The Balaban J connectivity index is 2.24. The standard InChI is InChI=1S/C18H14BrNO2/c1-22-18(21)17-16(12-6-3-2-4-7-12)15(11-20-17)13-8-5-9-14(19)10-13/h2-11,20H,1H3. The van der Waals surface area contributed by atoms with Crippen LogP contribution in [0, 0.1) is 0 Å². The summed E-state index contributed by atoms with van der Waals surface area (Å²) in [7, 11) is 1.39. The van der Waals surface area contributed by atoms with Gasteiger partial charge >= 0.3 is 5.97 Å². The molecule has 0 atom stereocenters.